The van der Waals surface area contributed by atoms with Gasteiger partial charge in [0.25, 0.3) is 0 Å². The second-order valence-corrected chi connectivity index (χ2v) is 11.6. The molecule has 28 heavy (non-hydrogen) atoms. The minimum absolute atomic E-state index is 0.179. The van der Waals surface area contributed by atoms with E-state index >= 15 is 0 Å². The molecule has 1 fully saturated rings. The zero-order valence-corrected chi connectivity index (χ0v) is 20.0. The number of hydrogen-bond donors (Lipinski definition) is 2. The average molecular weight is 482 g/mol. The van der Waals surface area contributed by atoms with Crippen LogP contribution in [0, 0.1) is 0 Å². The third-order valence-electron chi connectivity index (χ3n) is 5.34. The third kappa shape index (κ3) is 5.38. The van der Waals surface area contributed by atoms with Crippen LogP contribution in [0.5, 0.6) is 0 Å². The van der Waals surface area contributed by atoms with Crippen molar-refractivity contribution in [1.29, 1.82) is 0 Å². The molecule has 2 N–H and O–H groups in total. The van der Waals surface area contributed by atoms with Crippen molar-refractivity contribution in [2.24, 2.45) is 0 Å². The van der Waals surface area contributed by atoms with Gasteiger partial charge < -0.3 is 0 Å². The molecule has 2 aromatic rings. The van der Waals surface area contributed by atoms with Crippen LogP contribution in [0.1, 0.15) is 37.8 Å². The van der Waals surface area contributed by atoms with Gasteiger partial charge in [0.2, 0.25) is 0 Å². The predicted molar refractivity (Wildman–Crippen MR) is 123 cm³/mol. The van der Waals surface area contributed by atoms with Gasteiger partial charge in [0.1, 0.15) is 0 Å². The van der Waals surface area contributed by atoms with E-state index in [1.165, 1.54) is 31.6 Å². The van der Waals surface area contributed by atoms with Crippen LogP contribution in [0.25, 0.3) is 0 Å². The van der Waals surface area contributed by atoms with Gasteiger partial charge >= 0.3 is 185 Å². The fourth-order valence-electron chi connectivity index (χ4n) is 3.17. The van der Waals surface area contributed by atoms with Crippen LogP contribution in [0.2, 0.25) is 10.6 Å². The van der Waals surface area contributed by atoms with Gasteiger partial charge in [0.15, 0.2) is 0 Å². The van der Waals surface area contributed by atoms with E-state index in [-0.39, 0.29) is 17.6 Å². The SMILES string of the molecule is CCC(O)CSc1ccc(C2(c3ccc(SCC(O)CC)cc3)C[Se]C2)cc1. The molecule has 2 nitrogen and oxygen atoms in total. The molecule has 0 spiro atoms. The number of rotatable bonds is 10. The molecule has 1 heterocycles. The van der Waals surface area contributed by atoms with Crippen molar-refractivity contribution in [2.45, 2.75) is 64.7 Å². The molecule has 2 atom stereocenters. The van der Waals surface area contributed by atoms with Crippen LogP contribution in [0.3, 0.4) is 0 Å². The number of thioether (sulfide) groups is 2. The molecule has 0 aliphatic carbocycles. The molecule has 0 amide bonds. The summed E-state index contributed by atoms with van der Waals surface area (Å²) in [4.78, 5) is 2.47. The van der Waals surface area contributed by atoms with Gasteiger partial charge in [-0.1, -0.05) is 0 Å². The Balaban J connectivity index is 1.69. The van der Waals surface area contributed by atoms with Crippen molar-refractivity contribution in [3.05, 3.63) is 59.7 Å². The van der Waals surface area contributed by atoms with Crippen LogP contribution >= 0.6 is 23.5 Å². The van der Waals surface area contributed by atoms with E-state index in [0.717, 1.165) is 39.3 Å². The van der Waals surface area contributed by atoms with Crippen molar-refractivity contribution in [3.63, 3.8) is 0 Å². The van der Waals surface area contributed by atoms with Gasteiger partial charge in [-0.25, -0.2) is 0 Å². The normalized spacial score (nSPS) is 17.7. The topological polar surface area (TPSA) is 40.5 Å². The number of benzene rings is 2. The molecule has 0 saturated carbocycles. The van der Waals surface area contributed by atoms with E-state index < -0.39 is 0 Å². The first-order valence-electron chi connectivity index (χ1n) is 9.98. The van der Waals surface area contributed by atoms with Crippen LogP contribution in [0.15, 0.2) is 58.3 Å². The summed E-state index contributed by atoms with van der Waals surface area (Å²) in [6.07, 6.45) is 1.17. The van der Waals surface area contributed by atoms with E-state index in [1.807, 2.05) is 13.8 Å². The first kappa shape index (κ1) is 22.3. The van der Waals surface area contributed by atoms with E-state index in [4.69, 9.17) is 0 Å². The van der Waals surface area contributed by atoms with Gasteiger partial charge in [-0.3, -0.25) is 0 Å². The van der Waals surface area contributed by atoms with Crippen LogP contribution in [-0.2, 0) is 5.41 Å². The molecule has 3 rings (SSSR count). The molecule has 0 radical (unpaired) electrons. The molecular weight excluding hydrogens is 451 g/mol. The molecule has 5 heteroatoms. The first-order valence-corrected chi connectivity index (χ1v) is 14.4. The summed E-state index contributed by atoms with van der Waals surface area (Å²) in [5.41, 5.74) is 3.02. The Bertz CT molecular complexity index is 670. The minimum atomic E-state index is -0.222. The molecular formula is C23H30O2S2Se. The van der Waals surface area contributed by atoms with Gasteiger partial charge in [-0.15, -0.1) is 0 Å². The summed E-state index contributed by atoms with van der Waals surface area (Å²) in [6.45, 7) is 4.04. The number of aliphatic hydroxyl groups is 2. The second-order valence-electron chi connectivity index (χ2n) is 7.37. The van der Waals surface area contributed by atoms with Gasteiger partial charge in [-0.2, -0.15) is 0 Å². The summed E-state index contributed by atoms with van der Waals surface area (Å²) >= 11 is 4.21. The predicted octanol–water partition coefficient (Wildman–Crippen LogP) is 5.25. The summed E-state index contributed by atoms with van der Waals surface area (Å²) in [5, 5.41) is 22.1. The molecule has 152 valence electrons. The summed E-state index contributed by atoms with van der Waals surface area (Å²) < 4.78 is 0. The molecule has 0 bridgehead atoms. The molecule has 1 aliphatic heterocycles. The summed E-state index contributed by atoms with van der Waals surface area (Å²) in [7, 11) is 0. The van der Waals surface area contributed by atoms with E-state index in [1.54, 1.807) is 23.5 Å². The van der Waals surface area contributed by atoms with E-state index in [2.05, 4.69) is 48.5 Å². The standard InChI is InChI=1S/C23H30O2S2Se/c1-3-19(24)13-26-21-9-5-17(6-10-21)23(15-28-16-23)18-7-11-22(12-8-18)27-14-20(25)4-2/h5-12,19-20,24-25H,3-4,13-16H2,1-2H3. The number of hydrogen-bond acceptors (Lipinski definition) is 4. The summed E-state index contributed by atoms with van der Waals surface area (Å²) in [5.74, 6) is 1.52. The molecule has 2 aromatic carbocycles. The van der Waals surface area contributed by atoms with E-state index in [0.29, 0.717) is 0 Å². The third-order valence-corrected chi connectivity index (χ3v) is 10.6. The van der Waals surface area contributed by atoms with Crippen LogP contribution in [-0.4, -0.2) is 48.9 Å². The monoisotopic (exact) mass is 482 g/mol. The van der Waals surface area contributed by atoms with Crippen molar-refractivity contribution in [1.82, 2.24) is 0 Å². The Morgan fingerprint density at radius 3 is 1.46 bits per heavy atom. The quantitative estimate of drug-likeness (QED) is 0.359. The fraction of sp³-hybridized carbons (Fsp3) is 0.478. The van der Waals surface area contributed by atoms with Gasteiger partial charge in [-0.05, 0) is 0 Å². The Morgan fingerprint density at radius 2 is 1.18 bits per heavy atom. The zero-order valence-electron chi connectivity index (χ0n) is 16.6. The van der Waals surface area contributed by atoms with Crippen molar-refractivity contribution in [2.75, 3.05) is 11.5 Å². The van der Waals surface area contributed by atoms with Crippen molar-refractivity contribution >= 4 is 38.5 Å². The van der Waals surface area contributed by atoms with Crippen molar-refractivity contribution in [3.8, 4) is 0 Å². The molecule has 1 saturated heterocycles. The molecule has 2 unspecified atom stereocenters. The average Bonchev–Trinajstić information content (AvgIpc) is 2.71. The fourth-order valence-corrected chi connectivity index (χ4v) is 7.75. The Labute approximate surface area is 184 Å². The molecule has 0 aromatic heterocycles. The zero-order chi connectivity index (χ0) is 20.0. The Kier molecular flexibility index (Phi) is 8.40. The second kappa shape index (κ2) is 10.6. The van der Waals surface area contributed by atoms with Crippen LogP contribution in [0.4, 0.5) is 0 Å². The maximum absolute atomic E-state index is 9.77. The maximum atomic E-state index is 9.77. The first-order chi connectivity index (χ1) is 13.6. The Hall–Kier alpha value is -0.421. The summed E-state index contributed by atoms with van der Waals surface area (Å²) in [6, 6.07) is 18.0. The van der Waals surface area contributed by atoms with Gasteiger partial charge in [0, 0.05) is 0 Å². The number of aliphatic hydroxyl groups excluding tert-OH is 2. The molecule has 1 aliphatic rings. The van der Waals surface area contributed by atoms with Crippen LogP contribution < -0.4 is 0 Å². The Morgan fingerprint density at radius 1 is 0.786 bits per heavy atom. The van der Waals surface area contributed by atoms with Gasteiger partial charge in [0.05, 0.1) is 0 Å². The van der Waals surface area contributed by atoms with E-state index in [9.17, 15) is 10.2 Å². The van der Waals surface area contributed by atoms with Crippen molar-refractivity contribution < 1.29 is 10.2 Å².